The van der Waals surface area contributed by atoms with E-state index in [-0.39, 0.29) is 11.5 Å². The Morgan fingerprint density at radius 3 is 2.57 bits per heavy atom. The molecule has 1 aliphatic heterocycles. The molecular weight excluding hydrogens is 462 g/mol. The number of amidine groups is 1. The first-order valence-corrected chi connectivity index (χ1v) is 11.6. The number of rotatable bonds is 7. The molecule has 2 N–H and O–H groups in total. The van der Waals surface area contributed by atoms with Crippen LogP contribution >= 0.6 is 11.6 Å². The van der Waals surface area contributed by atoms with E-state index in [2.05, 4.69) is 38.4 Å². The van der Waals surface area contributed by atoms with Gasteiger partial charge in [-0.2, -0.15) is 0 Å². The summed E-state index contributed by atoms with van der Waals surface area (Å²) in [5.74, 6) is 2.95. The lowest BCUT2D eigenvalue weighted by atomic mass is 10.1. The molecule has 0 spiro atoms. The molecule has 1 aliphatic rings. The summed E-state index contributed by atoms with van der Waals surface area (Å²) in [5, 5.41) is 5.87. The summed E-state index contributed by atoms with van der Waals surface area (Å²) in [5.41, 5.74) is 2.57. The number of hydrogen-bond donors (Lipinski definition) is 2. The number of halogens is 1. The van der Waals surface area contributed by atoms with Gasteiger partial charge in [0, 0.05) is 41.0 Å². The number of carbonyl (C=O) groups excluding carboxylic acids is 2. The molecule has 4 rings (SSSR count). The van der Waals surface area contributed by atoms with Gasteiger partial charge in [-0.1, -0.05) is 36.6 Å². The number of nitrogens with one attached hydrogen (secondary N) is 2. The molecule has 0 fully saturated rings. The zero-order valence-electron chi connectivity index (χ0n) is 19.2. The van der Waals surface area contributed by atoms with Gasteiger partial charge in [0.2, 0.25) is 0 Å². The van der Waals surface area contributed by atoms with Gasteiger partial charge in [-0.05, 0) is 48.9 Å². The lowest BCUT2D eigenvalue weighted by Gasteiger charge is -2.19. The summed E-state index contributed by atoms with van der Waals surface area (Å²) in [7, 11) is 0. The molecule has 2 heterocycles. The predicted molar refractivity (Wildman–Crippen MR) is 139 cm³/mol. The first-order chi connectivity index (χ1) is 17.0. The van der Waals surface area contributed by atoms with E-state index in [1.54, 1.807) is 36.4 Å². The molecule has 8 heteroatoms. The van der Waals surface area contributed by atoms with Gasteiger partial charge in [-0.15, -0.1) is 6.42 Å². The van der Waals surface area contributed by atoms with Crippen molar-refractivity contribution in [2.45, 2.75) is 13.3 Å². The van der Waals surface area contributed by atoms with Crippen LogP contribution in [0.25, 0.3) is 0 Å². The highest BCUT2D eigenvalue weighted by atomic mass is 35.5. The molecule has 35 heavy (non-hydrogen) atoms. The van der Waals surface area contributed by atoms with Crippen molar-refractivity contribution in [2.24, 2.45) is 4.99 Å². The lowest BCUT2D eigenvalue weighted by molar-refractivity contribution is 0.102. The van der Waals surface area contributed by atoms with Gasteiger partial charge < -0.3 is 15.5 Å². The first kappa shape index (κ1) is 24.0. The number of carbonyl (C=O) groups is 2. The third kappa shape index (κ3) is 5.68. The molecule has 0 radical (unpaired) electrons. The van der Waals surface area contributed by atoms with E-state index in [0.29, 0.717) is 27.7 Å². The summed E-state index contributed by atoms with van der Waals surface area (Å²) >= 11 is 6.13. The molecule has 3 aromatic rings. The molecule has 176 valence electrons. The van der Waals surface area contributed by atoms with Gasteiger partial charge in [0.15, 0.2) is 0 Å². The highest BCUT2D eigenvalue weighted by molar-refractivity contribution is 6.31. The molecule has 0 saturated carbocycles. The molecule has 2 aromatic carbocycles. The van der Waals surface area contributed by atoms with Crippen LogP contribution in [0.2, 0.25) is 5.02 Å². The Morgan fingerprint density at radius 1 is 1.09 bits per heavy atom. The SMILES string of the molecule is C#Cc1ccc(NC(=O)c2cc(Cl)ccc2NC(=O)c2ccc(C3=NCCN3CCC)cc2)nc1. The van der Waals surface area contributed by atoms with Crippen molar-refractivity contribution < 1.29 is 9.59 Å². The van der Waals surface area contributed by atoms with Crippen molar-refractivity contribution in [1.29, 1.82) is 0 Å². The Balaban J connectivity index is 1.49. The third-order valence-corrected chi connectivity index (χ3v) is 5.71. The van der Waals surface area contributed by atoms with Gasteiger partial charge in [-0.25, -0.2) is 4.98 Å². The minimum Gasteiger partial charge on any atom is -0.355 e. The largest absolute Gasteiger partial charge is 0.355 e. The second-order valence-corrected chi connectivity index (χ2v) is 8.38. The average molecular weight is 486 g/mol. The van der Waals surface area contributed by atoms with Gasteiger partial charge >= 0.3 is 0 Å². The fraction of sp³-hybridized carbons (Fsp3) is 0.185. The number of amides is 2. The molecule has 0 aliphatic carbocycles. The lowest BCUT2D eigenvalue weighted by Crippen LogP contribution is -2.29. The van der Waals surface area contributed by atoms with Crippen molar-refractivity contribution in [3.63, 3.8) is 0 Å². The Hall–Kier alpha value is -4.15. The number of aliphatic imine (C=N–C) groups is 1. The number of nitrogens with zero attached hydrogens (tertiary/aromatic N) is 3. The van der Waals surface area contributed by atoms with Gasteiger partial charge in [0.1, 0.15) is 11.7 Å². The zero-order valence-corrected chi connectivity index (χ0v) is 20.0. The monoisotopic (exact) mass is 485 g/mol. The van der Waals surface area contributed by atoms with E-state index in [1.165, 1.54) is 12.3 Å². The number of anilines is 2. The van der Waals surface area contributed by atoms with Crippen LogP contribution in [-0.2, 0) is 0 Å². The van der Waals surface area contributed by atoms with Crippen molar-refractivity contribution in [2.75, 3.05) is 30.3 Å². The Bertz CT molecular complexity index is 1310. The first-order valence-electron chi connectivity index (χ1n) is 11.2. The highest BCUT2D eigenvalue weighted by Crippen LogP contribution is 2.23. The summed E-state index contributed by atoms with van der Waals surface area (Å²) in [4.78, 5) is 36.9. The fourth-order valence-electron chi connectivity index (χ4n) is 3.76. The highest BCUT2D eigenvalue weighted by Gasteiger charge is 2.19. The fourth-order valence-corrected chi connectivity index (χ4v) is 3.93. The summed E-state index contributed by atoms with van der Waals surface area (Å²) in [6, 6.07) is 15.3. The normalized spacial score (nSPS) is 12.6. The number of benzene rings is 2. The quantitative estimate of drug-likeness (QED) is 0.475. The smallest absolute Gasteiger partial charge is 0.258 e. The maximum absolute atomic E-state index is 13.0. The Morgan fingerprint density at radius 2 is 1.89 bits per heavy atom. The van der Waals surface area contributed by atoms with Gasteiger partial charge in [0.25, 0.3) is 11.8 Å². The van der Waals surface area contributed by atoms with Crippen molar-refractivity contribution in [3.8, 4) is 12.3 Å². The topological polar surface area (TPSA) is 86.7 Å². The molecule has 0 unspecified atom stereocenters. The van der Waals surface area contributed by atoms with Crippen molar-refractivity contribution in [3.05, 3.63) is 88.1 Å². The molecule has 0 bridgehead atoms. The number of hydrogen-bond acceptors (Lipinski definition) is 5. The number of aromatic nitrogens is 1. The number of pyridine rings is 1. The molecular formula is C27H24ClN5O2. The number of terminal acetylenes is 1. The molecule has 2 amide bonds. The van der Waals surface area contributed by atoms with Crippen LogP contribution in [0.5, 0.6) is 0 Å². The molecule has 1 aromatic heterocycles. The summed E-state index contributed by atoms with van der Waals surface area (Å²) in [6.07, 6.45) is 7.87. The van der Waals surface area contributed by atoms with Crippen LogP contribution in [0.1, 0.15) is 45.2 Å². The van der Waals surface area contributed by atoms with Crippen LogP contribution in [0.15, 0.2) is 65.8 Å². The molecule has 0 atom stereocenters. The van der Waals surface area contributed by atoms with E-state index in [1.807, 2.05) is 12.1 Å². The van der Waals surface area contributed by atoms with Crippen LogP contribution in [0, 0.1) is 12.3 Å². The van der Waals surface area contributed by atoms with Gasteiger partial charge in [0.05, 0.1) is 17.8 Å². The van der Waals surface area contributed by atoms with Crippen LogP contribution in [0.3, 0.4) is 0 Å². The minimum atomic E-state index is -0.464. The average Bonchev–Trinajstić information content (AvgIpc) is 3.34. The van der Waals surface area contributed by atoms with E-state index < -0.39 is 5.91 Å². The van der Waals surface area contributed by atoms with Crippen molar-refractivity contribution >= 4 is 40.8 Å². The van der Waals surface area contributed by atoms with Crippen LogP contribution in [-0.4, -0.2) is 47.2 Å². The summed E-state index contributed by atoms with van der Waals surface area (Å²) in [6.45, 7) is 4.78. The maximum Gasteiger partial charge on any atom is 0.258 e. The van der Waals surface area contributed by atoms with Crippen LogP contribution in [0.4, 0.5) is 11.5 Å². The van der Waals surface area contributed by atoms with E-state index in [9.17, 15) is 9.59 Å². The van der Waals surface area contributed by atoms with E-state index >= 15 is 0 Å². The second kappa shape index (κ2) is 10.9. The van der Waals surface area contributed by atoms with Crippen molar-refractivity contribution in [1.82, 2.24) is 9.88 Å². The Labute approximate surface area is 209 Å². The summed E-state index contributed by atoms with van der Waals surface area (Å²) < 4.78 is 0. The molecule has 7 nitrogen and oxygen atoms in total. The predicted octanol–water partition coefficient (Wildman–Crippen LogP) is 4.69. The van der Waals surface area contributed by atoms with Crippen LogP contribution < -0.4 is 10.6 Å². The van der Waals surface area contributed by atoms with E-state index in [0.717, 1.165) is 37.5 Å². The van der Waals surface area contributed by atoms with Gasteiger partial charge in [-0.3, -0.25) is 14.6 Å². The molecule has 0 saturated heterocycles. The maximum atomic E-state index is 13.0. The second-order valence-electron chi connectivity index (χ2n) is 7.94. The Kier molecular flexibility index (Phi) is 7.44. The minimum absolute atomic E-state index is 0.209. The third-order valence-electron chi connectivity index (χ3n) is 5.48. The van der Waals surface area contributed by atoms with E-state index in [4.69, 9.17) is 18.0 Å². The standard InChI is InChI=1S/C27H24ClN5O2/c1-3-14-33-15-13-29-25(33)19-6-8-20(9-7-19)26(34)31-23-11-10-21(28)16-22(23)27(35)32-24-12-5-18(4-2)17-30-24/h2,5-12,16-17H,3,13-15H2,1H3,(H,31,34)(H,30,32,35). The zero-order chi connectivity index (χ0) is 24.8.